The number of ether oxygens (including phenoxy) is 3. The molecule has 7 aliphatic rings. The van der Waals surface area contributed by atoms with Gasteiger partial charge in [0.05, 0.1) is 6.61 Å². The first-order valence-electron chi connectivity index (χ1n) is 9.37. The molecule has 3 saturated heterocycles. The molecule has 0 radical (unpaired) electrons. The molecule has 3 aliphatic carbocycles. The first kappa shape index (κ1) is 14.7. The fourth-order valence-corrected chi connectivity index (χ4v) is 7.28. The number of esters is 1. The van der Waals surface area contributed by atoms with Gasteiger partial charge in [-0.2, -0.15) is 0 Å². The van der Waals surface area contributed by atoms with E-state index in [2.05, 4.69) is 0 Å². The quantitative estimate of drug-likeness (QED) is 0.666. The van der Waals surface area contributed by atoms with Crippen molar-refractivity contribution in [1.82, 2.24) is 0 Å². The Morgan fingerprint density at radius 2 is 2.08 bits per heavy atom. The summed E-state index contributed by atoms with van der Waals surface area (Å²) in [5, 5.41) is 11.0. The number of ketones is 1. The Morgan fingerprint density at radius 1 is 1.24 bits per heavy atom. The molecule has 0 aromatic heterocycles. The normalized spacial score (nSPS) is 55.4. The van der Waals surface area contributed by atoms with Crippen LogP contribution in [-0.4, -0.2) is 42.0 Å². The Balaban J connectivity index is 1.52. The molecule has 5 fully saturated rings. The van der Waals surface area contributed by atoms with Crippen molar-refractivity contribution in [2.45, 2.75) is 50.9 Å². The van der Waals surface area contributed by atoms with Gasteiger partial charge in [0.2, 0.25) is 0 Å². The molecule has 0 aromatic carbocycles. The monoisotopic (exact) mass is 346 g/mol. The first-order chi connectivity index (χ1) is 11.9. The van der Waals surface area contributed by atoms with Gasteiger partial charge in [0.1, 0.15) is 17.3 Å². The lowest BCUT2D eigenvalue weighted by molar-refractivity contribution is -0.376. The van der Waals surface area contributed by atoms with Crippen molar-refractivity contribution in [3.8, 4) is 0 Å². The topological polar surface area (TPSA) is 82.1 Å². The highest BCUT2D eigenvalue weighted by atomic mass is 16.6. The van der Waals surface area contributed by atoms with Crippen LogP contribution in [0.4, 0.5) is 0 Å². The Bertz CT molecular complexity index is 745. The average Bonchev–Trinajstić information content (AvgIpc) is 3.10. The third-order valence-corrected chi connectivity index (χ3v) is 8.36. The van der Waals surface area contributed by atoms with Gasteiger partial charge in [-0.25, -0.2) is 0 Å². The van der Waals surface area contributed by atoms with Crippen LogP contribution in [0.5, 0.6) is 0 Å². The summed E-state index contributed by atoms with van der Waals surface area (Å²) in [6.45, 7) is 2.45. The number of carbonyl (C=O) groups excluding carboxylic acids is 2. The number of Topliss-reactive ketones (excluding diaryl/α,β-unsaturated/α-hetero) is 1. The Morgan fingerprint density at radius 3 is 2.84 bits per heavy atom. The van der Waals surface area contributed by atoms with Crippen LogP contribution in [0.1, 0.15) is 39.0 Å². The predicted octanol–water partition coefficient (Wildman–Crippen LogP) is 1.32. The summed E-state index contributed by atoms with van der Waals surface area (Å²) in [7, 11) is 0. The summed E-state index contributed by atoms with van der Waals surface area (Å²) in [5.41, 5.74) is -0.306. The molecule has 6 nitrogen and oxygen atoms in total. The summed E-state index contributed by atoms with van der Waals surface area (Å²) in [4.78, 5) is 24.9. The van der Waals surface area contributed by atoms with Crippen molar-refractivity contribution in [2.75, 3.05) is 13.2 Å². The summed E-state index contributed by atoms with van der Waals surface area (Å²) >= 11 is 0. The molecule has 1 spiro atoms. The molecule has 0 amide bonds. The van der Waals surface area contributed by atoms with E-state index in [-0.39, 0.29) is 41.7 Å². The van der Waals surface area contributed by atoms with E-state index in [0.29, 0.717) is 25.4 Å². The number of hydrogen-bond donors (Lipinski definition) is 1. The molecule has 4 heterocycles. The van der Waals surface area contributed by atoms with E-state index in [1.807, 2.05) is 6.92 Å². The summed E-state index contributed by atoms with van der Waals surface area (Å²) in [5.74, 6) is -0.344. The van der Waals surface area contributed by atoms with Gasteiger partial charge in [0.15, 0.2) is 18.2 Å². The third kappa shape index (κ3) is 1.37. The third-order valence-electron chi connectivity index (χ3n) is 8.36. The van der Waals surface area contributed by atoms with Crippen molar-refractivity contribution in [2.24, 2.45) is 28.6 Å². The van der Waals surface area contributed by atoms with Crippen LogP contribution in [0.3, 0.4) is 0 Å². The molecular weight excluding hydrogens is 324 g/mol. The fraction of sp³-hybridized carbons (Fsp3) is 0.789. The SMILES string of the molecule is C[C@]12C(=O)O[C@@H]3C[C@H]4C5=C(CC[C@H]4[C@@]4(CCC1(O)OC4)[C@@H]32)C(=O)CO5. The zero-order valence-electron chi connectivity index (χ0n) is 14.2. The van der Waals surface area contributed by atoms with Crippen molar-refractivity contribution in [3.63, 3.8) is 0 Å². The van der Waals surface area contributed by atoms with E-state index in [0.717, 1.165) is 30.6 Å². The molecule has 25 heavy (non-hydrogen) atoms. The smallest absolute Gasteiger partial charge is 0.318 e. The van der Waals surface area contributed by atoms with Gasteiger partial charge in [-0.1, -0.05) is 0 Å². The van der Waals surface area contributed by atoms with Gasteiger partial charge in [0, 0.05) is 29.2 Å². The van der Waals surface area contributed by atoms with Gasteiger partial charge in [-0.15, -0.1) is 0 Å². The standard InChI is InChI=1S/C19H22O6/c1-17-15-13(25-16(17)21)6-10-11(3-2-9-12(20)7-23-14(9)10)18(15)4-5-19(17,22)24-8-18/h10-11,13,15,22H,2-8H2,1H3/t10-,11-,13-,15+,17+,18+,19?/m1/s1. The highest BCUT2D eigenvalue weighted by molar-refractivity contribution is 5.99. The molecular formula is C19H22O6. The second-order valence-corrected chi connectivity index (χ2v) is 8.97. The highest BCUT2D eigenvalue weighted by Crippen LogP contribution is 2.73. The van der Waals surface area contributed by atoms with Gasteiger partial charge in [-0.3, -0.25) is 9.59 Å². The van der Waals surface area contributed by atoms with Crippen LogP contribution in [0, 0.1) is 28.6 Å². The number of carbonyl (C=O) groups is 2. The number of aliphatic hydroxyl groups is 1. The molecule has 2 saturated carbocycles. The molecule has 6 heteroatoms. The molecule has 4 aliphatic heterocycles. The second kappa shape index (κ2) is 4.12. The van der Waals surface area contributed by atoms with E-state index in [9.17, 15) is 14.7 Å². The van der Waals surface area contributed by atoms with Crippen LogP contribution in [0.25, 0.3) is 0 Å². The van der Waals surface area contributed by atoms with Crippen LogP contribution in [0.2, 0.25) is 0 Å². The van der Waals surface area contributed by atoms with Gasteiger partial charge >= 0.3 is 5.97 Å². The maximum absolute atomic E-state index is 12.8. The number of fused-ring (bicyclic) bond motifs is 4. The lowest BCUT2D eigenvalue weighted by atomic mass is 9.41. The fourth-order valence-electron chi connectivity index (χ4n) is 7.28. The molecule has 134 valence electrons. The predicted molar refractivity (Wildman–Crippen MR) is 82.9 cm³/mol. The maximum atomic E-state index is 12.8. The molecule has 1 N–H and O–H groups in total. The van der Waals surface area contributed by atoms with Crippen molar-refractivity contribution in [3.05, 3.63) is 11.3 Å². The Labute approximate surface area is 145 Å². The van der Waals surface area contributed by atoms with Crippen molar-refractivity contribution in [1.29, 1.82) is 0 Å². The zero-order valence-corrected chi connectivity index (χ0v) is 14.2. The van der Waals surface area contributed by atoms with Crippen LogP contribution < -0.4 is 0 Å². The minimum absolute atomic E-state index is 0.0134. The number of hydrogen-bond acceptors (Lipinski definition) is 6. The summed E-state index contributed by atoms with van der Waals surface area (Å²) in [6.07, 6.45) is 3.46. The number of rotatable bonds is 0. The van der Waals surface area contributed by atoms with E-state index in [4.69, 9.17) is 14.2 Å². The molecule has 7 atom stereocenters. The van der Waals surface area contributed by atoms with Crippen molar-refractivity contribution >= 4 is 11.8 Å². The number of allylic oxidation sites excluding steroid dienone is 1. The minimum Gasteiger partial charge on any atom is -0.489 e. The minimum atomic E-state index is -1.41. The largest absolute Gasteiger partial charge is 0.489 e. The lowest BCUT2D eigenvalue weighted by Gasteiger charge is -2.66. The van der Waals surface area contributed by atoms with E-state index in [1.54, 1.807) is 0 Å². The average molecular weight is 346 g/mol. The molecule has 1 unspecified atom stereocenters. The molecule has 0 aromatic rings. The zero-order chi connectivity index (χ0) is 17.2. The van der Waals surface area contributed by atoms with Gasteiger partial charge in [0.25, 0.3) is 0 Å². The van der Waals surface area contributed by atoms with E-state index >= 15 is 0 Å². The maximum Gasteiger partial charge on any atom is 0.318 e. The van der Waals surface area contributed by atoms with Gasteiger partial charge < -0.3 is 19.3 Å². The van der Waals surface area contributed by atoms with E-state index < -0.39 is 11.2 Å². The molecule has 2 bridgehead atoms. The van der Waals surface area contributed by atoms with E-state index in [1.165, 1.54) is 0 Å². The molecule has 7 rings (SSSR count). The van der Waals surface area contributed by atoms with Crippen LogP contribution >= 0.6 is 0 Å². The summed E-state index contributed by atoms with van der Waals surface area (Å²) in [6, 6.07) is 0. The highest BCUT2D eigenvalue weighted by Gasteiger charge is 2.79. The van der Waals surface area contributed by atoms with Gasteiger partial charge in [-0.05, 0) is 38.5 Å². The Kier molecular flexibility index (Phi) is 2.43. The first-order valence-corrected chi connectivity index (χ1v) is 9.37. The van der Waals surface area contributed by atoms with Crippen molar-refractivity contribution < 1.29 is 28.9 Å². The summed E-state index contributed by atoms with van der Waals surface area (Å²) < 4.78 is 17.5. The Hall–Kier alpha value is -1.40. The lowest BCUT2D eigenvalue weighted by Crippen LogP contribution is -2.72. The van der Waals surface area contributed by atoms with Crippen LogP contribution in [0.15, 0.2) is 11.3 Å². The second-order valence-electron chi connectivity index (χ2n) is 8.97. The van der Waals surface area contributed by atoms with Crippen LogP contribution in [-0.2, 0) is 23.8 Å².